The van der Waals surface area contributed by atoms with E-state index in [-0.39, 0.29) is 5.78 Å². The average molecular weight is 619 g/mol. The molecule has 0 saturated heterocycles. The fourth-order valence-corrected chi connectivity index (χ4v) is 5.87. The van der Waals surface area contributed by atoms with Gasteiger partial charge in [-0.25, -0.2) is 4.79 Å². The molecule has 1 aromatic heterocycles. The molecular weight excluding hydrogens is 580 g/mol. The Hall–Kier alpha value is -4.88. The van der Waals surface area contributed by atoms with Crippen LogP contribution in [0.3, 0.4) is 0 Å². The Morgan fingerprint density at radius 2 is 1.64 bits per heavy atom. The van der Waals surface area contributed by atoms with Crippen molar-refractivity contribution in [2.75, 3.05) is 30.5 Å². The van der Waals surface area contributed by atoms with Gasteiger partial charge in [-0.15, -0.1) is 0 Å². The molecule has 5 rings (SSSR count). The van der Waals surface area contributed by atoms with E-state index < -0.39 is 12.0 Å². The molecule has 4 aromatic carbocycles. The summed E-state index contributed by atoms with van der Waals surface area (Å²) in [5.74, 6) is 0.260. The first kappa shape index (κ1) is 31.5. The molecule has 0 fully saturated rings. The number of thiophene rings is 1. The lowest BCUT2D eigenvalue weighted by molar-refractivity contribution is -0.141. The standard InChI is InChI=1S/C38H38N2O4S/c1-28-10-8-13-32(24-28)40(26-30-20-23-45-27-30)21-9-22-44-33-18-16-29(17-19-33)25-36(38(42)43-2)39-35-15-7-6-14-34(35)37(41)31-11-4-3-5-12-31/h3-8,10-20,23-24,27,36,39H,9,21-22,25-26H2,1-2H3. The summed E-state index contributed by atoms with van der Waals surface area (Å²) in [7, 11) is 1.37. The molecule has 0 spiro atoms. The summed E-state index contributed by atoms with van der Waals surface area (Å²) in [5, 5.41) is 7.58. The van der Waals surface area contributed by atoms with Crippen molar-refractivity contribution >= 4 is 34.5 Å². The van der Waals surface area contributed by atoms with E-state index in [2.05, 4.69) is 58.2 Å². The molecule has 1 unspecified atom stereocenters. The predicted molar refractivity (Wildman–Crippen MR) is 183 cm³/mol. The number of benzene rings is 4. The summed E-state index contributed by atoms with van der Waals surface area (Å²) >= 11 is 1.72. The van der Waals surface area contributed by atoms with Crippen molar-refractivity contribution in [3.05, 3.63) is 148 Å². The van der Waals surface area contributed by atoms with Gasteiger partial charge in [0.15, 0.2) is 5.78 Å². The van der Waals surface area contributed by atoms with Crippen LogP contribution >= 0.6 is 11.3 Å². The predicted octanol–water partition coefficient (Wildman–Crippen LogP) is 7.96. The Balaban J connectivity index is 1.18. The van der Waals surface area contributed by atoms with Crippen molar-refractivity contribution in [2.24, 2.45) is 0 Å². The highest BCUT2D eigenvalue weighted by Gasteiger charge is 2.22. The zero-order valence-corrected chi connectivity index (χ0v) is 26.5. The molecule has 1 N–H and O–H groups in total. The summed E-state index contributed by atoms with van der Waals surface area (Å²) in [4.78, 5) is 28.4. The number of ether oxygens (including phenoxy) is 2. The first-order valence-corrected chi connectivity index (χ1v) is 16.0. The topological polar surface area (TPSA) is 67.9 Å². The Labute approximate surface area is 269 Å². The van der Waals surface area contributed by atoms with E-state index in [1.165, 1.54) is 23.9 Å². The van der Waals surface area contributed by atoms with Gasteiger partial charge in [-0.05, 0) is 83.3 Å². The number of aryl methyl sites for hydroxylation is 1. The Morgan fingerprint density at radius 1 is 0.867 bits per heavy atom. The molecule has 5 aromatic rings. The van der Waals surface area contributed by atoms with Gasteiger partial charge >= 0.3 is 5.97 Å². The zero-order valence-electron chi connectivity index (χ0n) is 25.6. The molecule has 0 aliphatic heterocycles. The van der Waals surface area contributed by atoms with Crippen molar-refractivity contribution in [1.29, 1.82) is 0 Å². The molecule has 7 heteroatoms. The molecule has 6 nitrogen and oxygen atoms in total. The van der Waals surface area contributed by atoms with Crippen LogP contribution in [0.1, 0.15) is 39.0 Å². The summed E-state index contributed by atoms with van der Waals surface area (Å²) < 4.78 is 11.2. The van der Waals surface area contributed by atoms with Crippen LogP contribution in [-0.4, -0.2) is 38.1 Å². The van der Waals surface area contributed by atoms with Crippen molar-refractivity contribution in [1.82, 2.24) is 0 Å². The van der Waals surface area contributed by atoms with Crippen LogP contribution in [0, 0.1) is 6.92 Å². The Bertz CT molecular complexity index is 1670. The van der Waals surface area contributed by atoms with Crippen molar-refractivity contribution < 1.29 is 19.1 Å². The fourth-order valence-electron chi connectivity index (χ4n) is 5.21. The number of nitrogens with one attached hydrogen (secondary N) is 1. The number of carbonyl (C=O) groups is 2. The van der Waals surface area contributed by atoms with Crippen LogP contribution in [-0.2, 0) is 22.5 Å². The minimum absolute atomic E-state index is 0.114. The Kier molecular flexibility index (Phi) is 11.0. The number of anilines is 2. The summed E-state index contributed by atoms with van der Waals surface area (Å²) in [6.45, 7) is 4.44. The number of nitrogens with zero attached hydrogens (tertiary/aromatic N) is 1. The molecule has 0 aliphatic carbocycles. The third-order valence-electron chi connectivity index (χ3n) is 7.55. The normalized spacial score (nSPS) is 11.4. The molecule has 45 heavy (non-hydrogen) atoms. The number of hydrogen-bond donors (Lipinski definition) is 1. The van der Waals surface area contributed by atoms with Gasteiger partial charge in [0.2, 0.25) is 0 Å². The highest BCUT2D eigenvalue weighted by atomic mass is 32.1. The van der Waals surface area contributed by atoms with Crippen LogP contribution < -0.4 is 15.0 Å². The van der Waals surface area contributed by atoms with Gasteiger partial charge in [0.05, 0.1) is 13.7 Å². The number of hydrogen-bond acceptors (Lipinski definition) is 7. The van der Waals surface area contributed by atoms with E-state index in [9.17, 15) is 9.59 Å². The van der Waals surface area contributed by atoms with Gasteiger partial charge in [-0.1, -0.05) is 66.7 Å². The maximum absolute atomic E-state index is 13.2. The molecule has 1 atom stereocenters. The van der Waals surface area contributed by atoms with E-state index in [0.717, 1.165) is 30.8 Å². The van der Waals surface area contributed by atoms with E-state index in [4.69, 9.17) is 9.47 Å². The number of methoxy groups -OCH3 is 1. The highest BCUT2D eigenvalue weighted by Crippen LogP contribution is 2.23. The van der Waals surface area contributed by atoms with Crippen LogP contribution in [0.4, 0.5) is 11.4 Å². The van der Waals surface area contributed by atoms with Gasteiger partial charge in [-0.2, -0.15) is 11.3 Å². The highest BCUT2D eigenvalue weighted by molar-refractivity contribution is 7.07. The molecule has 0 saturated carbocycles. The number of rotatable bonds is 15. The van der Waals surface area contributed by atoms with Gasteiger partial charge in [0, 0.05) is 42.0 Å². The molecule has 0 aliphatic rings. The maximum Gasteiger partial charge on any atom is 0.328 e. The third kappa shape index (κ3) is 8.83. The van der Waals surface area contributed by atoms with Gasteiger partial charge in [0.25, 0.3) is 0 Å². The van der Waals surface area contributed by atoms with E-state index in [0.29, 0.717) is 29.8 Å². The molecule has 1 heterocycles. The molecular formula is C38H38N2O4S. The largest absolute Gasteiger partial charge is 0.494 e. The van der Waals surface area contributed by atoms with Crippen molar-refractivity contribution in [3.63, 3.8) is 0 Å². The second-order valence-electron chi connectivity index (χ2n) is 10.9. The van der Waals surface area contributed by atoms with Crippen LogP contribution in [0.25, 0.3) is 0 Å². The van der Waals surface area contributed by atoms with Gasteiger partial charge < -0.3 is 19.7 Å². The SMILES string of the molecule is COC(=O)C(Cc1ccc(OCCCN(Cc2ccsc2)c2cccc(C)c2)cc1)Nc1ccccc1C(=O)c1ccccc1. The maximum atomic E-state index is 13.2. The molecule has 0 bridgehead atoms. The quantitative estimate of drug-likeness (QED) is 0.0730. The van der Waals surface area contributed by atoms with E-state index in [1.54, 1.807) is 29.5 Å². The Morgan fingerprint density at radius 3 is 2.38 bits per heavy atom. The molecule has 0 amide bonds. The number of carbonyl (C=O) groups excluding carboxylic acids is 2. The second kappa shape index (κ2) is 15.7. The summed E-state index contributed by atoms with van der Waals surface area (Å²) in [5.41, 5.74) is 6.38. The number of para-hydroxylation sites is 1. The lowest BCUT2D eigenvalue weighted by Crippen LogP contribution is -2.33. The van der Waals surface area contributed by atoms with Crippen LogP contribution in [0.15, 0.2) is 120 Å². The third-order valence-corrected chi connectivity index (χ3v) is 8.28. The van der Waals surface area contributed by atoms with Gasteiger partial charge in [0.1, 0.15) is 11.8 Å². The first-order chi connectivity index (χ1) is 22.0. The monoisotopic (exact) mass is 618 g/mol. The summed E-state index contributed by atoms with van der Waals surface area (Å²) in [6, 6.07) is 34.2. The van der Waals surface area contributed by atoms with Crippen molar-refractivity contribution in [2.45, 2.75) is 32.4 Å². The number of esters is 1. The smallest absolute Gasteiger partial charge is 0.328 e. The fraction of sp³-hybridized carbons (Fsp3) is 0.211. The first-order valence-electron chi connectivity index (χ1n) is 15.1. The average Bonchev–Trinajstić information content (AvgIpc) is 3.60. The van der Waals surface area contributed by atoms with E-state index in [1.807, 2.05) is 60.7 Å². The lowest BCUT2D eigenvalue weighted by atomic mass is 10.00. The lowest BCUT2D eigenvalue weighted by Gasteiger charge is -2.25. The van der Waals surface area contributed by atoms with Crippen LogP contribution in [0.2, 0.25) is 0 Å². The summed E-state index contributed by atoms with van der Waals surface area (Å²) in [6.07, 6.45) is 1.25. The minimum atomic E-state index is -0.678. The zero-order chi connectivity index (χ0) is 31.4. The molecule has 230 valence electrons. The second-order valence-corrected chi connectivity index (χ2v) is 11.7. The minimum Gasteiger partial charge on any atom is -0.494 e. The van der Waals surface area contributed by atoms with Gasteiger partial charge in [-0.3, -0.25) is 4.79 Å². The van der Waals surface area contributed by atoms with Crippen LogP contribution in [0.5, 0.6) is 5.75 Å². The number of ketones is 1. The molecule has 0 radical (unpaired) electrons. The van der Waals surface area contributed by atoms with E-state index >= 15 is 0 Å². The van der Waals surface area contributed by atoms with Crippen molar-refractivity contribution in [3.8, 4) is 5.75 Å².